The highest BCUT2D eigenvalue weighted by molar-refractivity contribution is 5.92. The molecule has 0 atom stereocenters. The first-order valence-electron chi connectivity index (χ1n) is 8.49. The molecule has 0 aliphatic carbocycles. The lowest BCUT2D eigenvalue weighted by atomic mass is 10.0. The van der Waals surface area contributed by atoms with E-state index in [2.05, 4.69) is 11.9 Å². The Morgan fingerprint density at radius 2 is 1.76 bits per heavy atom. The van der Waals surface area contributed by atoms with Crippen LogP contribution in [0.4, 0.5) is 5.69 Å². The fourth-order valence-corrected chi connectivity index (χ4v) is 2.32. The van der Waals surface area contributed by atoms with Gasteiger partial charge in [-0.1, -0.05) is 29.8 Å². The molecular formula is C21H26N2O2. The summed E-state index contributed by atoms with van der Waals surface area (Å²) in [5.41, 5.74) is 5.53. The molecule has 0 fully saturated rings. The minimum Gasteiger partial charge on any atom is -0.457 e. The molecule has 0 amide bonds. The molecule has 0 unspecified atom stereocenters. The summed E-state index contributed by atoms with van der Waals surface area (Å²) in [5, 5.41) is 0. The van der Waals surface area contributed by atoms with Gasteiger partial charge in [0.25, 0.3) is 0 Å². The molecule has 0 spiro atoms. The highest BCUT2D eigenvalue weighted by atomic mass is 16.5. The lowest BCUT2D eigenvalue weighted by molar-refractivity contribution is 0.0472. The summed E-state index contributed by atoms with van der Waals surface area (Å²) in [5.74, 6) is -0.303. The van der Waals surface area contributed by atoms with Gasteiger partial charge in [-0.15, -0.1) is 0 Å². The Bertz CT molecular complexity index is 764. The number of rotatable bonds is 6. The Labute approximate surface area is 150 Å². The van der Waals surface area contributed by atoms with Crippen LogP contribution in [0.5, 0.6) is 0 Å². The van der Waals surface area contributed by atoms with Crippen LogP contribution in [0, 0.1) is 20.8 Å². The molecule has 4 heteroatoms. The number of ether oxygens (including phenoxy) is 1. The van der Waals surface area contributed by atoms with Crippen LogP contribution in [0.15, 0.2) is 41.4 Å². The van der Waals surface area contributed by atoms with Crippen LogP contribution in [0.2, 0.25) is 0 Å². The number of aliphatic imine (C=N–C) groups is 1. The number of carbonyl (C=O) groups excluding carboxylic acids is 1. The topological polar surface area (TPSA) is 41.9 Å². The van der Waals surface area contributed by atoms with Gasteiger partial charge in [-0.2, -0.15) is 0 Å². The number of hydrogen-bond donors (Lipinski definition) is 0. The van der Waals surface area contributed by atoms with Gasteiger partial charge in [0.05, 0.1) is 17.6 Å². The van der Waals surface area contributed by atoms with Crippen LogP contribution in [0.25, 0.3) is 0 Å². The van der Waals surface area contributed by atoms with Gasteiger partial charge >= 0.3 is 5.97 Å². The average molecular weight is 338 g/mol. The molecule has 0 heterocycles. The first-order chi connectivity index (χ1) is 11.9. The summed E-state index contributed by atoms with van der Waals surface area (Å²) in [7, 11) is 1.97. The molecule has 0 aliphatic heterocycles. The molecule has 0 saturated carbocycles. The third-order valence-electron chi connectivity index (χ3n) is 4.36. The Balaban J connectivity index is 2.10. The van der Waals surface area contributed by atoms with E-state index in [0.717, 1.165) is 28.9 Å². The minimum atomic E-state index is -0.303. The predicted molar refractivity (Wildman–Crippen MR) is 103 cm³/mol. The summed E-state index contributed by atoms with van der Waals surface area (Å²) in [6.45, 7) is 9.18. The van der Waals surface area contributed by atoms with Crippen molar-refractivity contribution in [3.05, 3.63) is 64.2 Å². The Morgan fingerprint density at radius 3 is 2.40 bits per heavy atom. The number of nitrogens with zero attached hydrogens (tertiary/aromatic N) is 2. The number of aryl methyl sites for hydroxylation is 1. The van der Waals surface area contributed by atoms with Crippen LogP contribution in [0.3, 0.4) is 0 Å². The van der Waals surface area contributed by atoms with Gasteiger partial charge in [-0.05, 0) is 56.5 Å². The average Bonchev–Trinajstić information content (AvgIpc) is 2.62. The van der Waals surface area contributed by atoms with E-state index in [9.17, 15) is 4.79 Å². The highest BCUT2D eigenvalue weighted by Gasteiger charge is 2.14. The standard InChI is InChI=1S/C21H26N2O2/c1-6-23(5)14-22-20-12-11-19(16(3)17(20)4)21(24)25-13-18-9-7-15(2)8-10-18/h7-12,14H,6,13H2,1-5H3/b22-14+. The molecule has 0 aromatic heterocycles. The molecule has 0 bridgehead atoms. The Morgan fingerprint density at radius 1 is 1.08 bits per heavy atom. The SMILES string of the molecule is CCN(C)/C=N/c1ccc(C(=O)OCc2ccc(C)cc2)c(C)c1C. The van der Waals surface area contributed by atoms with Crippen molar-refractivity contribution in [1.82, 2.24) is 4.90 Å². The first-order valence-corrected chi connectivity index (χ1v) is 8.49. The van der Waals surface area contributed by atoms with Crippen molar-refractivity contribution in [2.75, 3.05) is 13.6 Å². The molecule has 2 aromatic rings. The quantitative estimate of drug-likeness (QED) is 0.440. The fourth-order valence-electron chi connectivity index (χ4n) is 2.32. The Hall–Kier alpha value is -2.62. The number of benzene rings is 2. The third-order valence-corrected chi connectivity index (χ3v) is 4.36. The van der Waals surface area contributed by atoms with Crippen LogP contribution >= 0.6 is 0 Å². The van der Waals surface area contributed by atoms with Crippen LogP contribution < -0.4 is 0 Å². The maximum absolute atomic E-state index is 12.4. The minimum absolute atomic E-state index is 0.277. The molecule has 25 heavy (non-hydrogen) atoms. The van der Waals surface area contributed by atoms with Crippen LogP contribution in [-0.2, 0) is 11.3 Å². The van der Waals surface area contributed by atoms with Crippen molar-refractivity contribution in [2.45, 2.75) is 34.3 Å². The van der Waals surface area contributed by atoms with Gasteiger partial charge in [0.2, 0.25) is 0 Å². The zero-order valence-corrected chi connectivity index (χ0v) is 15.7. The highest BCUT2D eigenvalue weighted by Crippen LogP contribution is 2.25. The van der Waals surface area contributed by atoms with Crippen molar-refractivity contribution in [2.24, 2.45) is 4.99 Å². The molecule has 4 nitrogen and oxygen atoms in total. The second kappa shape index (κ2) is 8.47. The van der Waals surface area contributed by atoms with E-state index in [1.165, 1.54) is 5.56 Å². The van der Waals surface area contributed by atoms with E-state index >= 15 is 0 Å². The van der Waals surface area contributed by atoms with Gasteiger partial charge in [-0.3, -0.25) is 0 Å². The van der Waals surface area contributed by atoms with E-state index in [4.69, 9.17) is 4.74 Å². The van der Waals surface area contributed by atoms with Gasteiger partial charge in [0.1, 0.15) is 6.61 Å². The summed E-state index contributed by atoms with van der Waals surface area (Å²) in [6.07, 6.45) is 1.80. The molecule has 2 rings (SSSR count). The Kier molecular flexibility index (Phi) is 6.34. The maximum Gasteiger partial charge on any atom is 0.338 e. The van der Waals surface area contributed by atoms with Crippen LogP contribution in [0.1, 0.15) is 39.5 Å². The lowest BCUT2D eigenvalue weighted by Gasteiger charge is -2.12. The largest absolute Gasteiger partial charge is 0.457 e. The van der Waals surface area contributed by atoms with Gasteiger partial charge in [0.15, 0.2) is 0 Å². The van der Waals surface area contributed by atoms with E-state index in [1.54, 1.807) is 12.4 Å². The predicted octanol–water partition coefficient (Wildman–Crippen LogP) is 4.58. The molecule has 0 saturated heterocycles. The van der Waals surface area contributed by atoms with Crippen molar-refractivity contribution in [1.29, 1.82) is 0 Å². The summed E-state index contributed by atoms with van der Waals surface area (Å²) in [6, 6.07) is 11.6. The first kappa shape index (κ1) is 18.7. The summed E-state index contributed by atoms with van der Waals surface area (Å²) in [4.78, 5) is 18.9. The van der Waals surface area contributed by atoms with Gasteiger partial charge in [0, 0.05) is 13.6 Å². The molecule has 0 aliphatic rings. The number of esters is 1. The summed E-state index contributed by atoms with van der Waals surface area (Å²) < 4.78 is 5.46. The van der Waals surface area contributed by atoms with E-state index < -0.39 is 0 Å². The molecular weight excluding hydrogens is 312 g/mol. The van der Waals surface area contributed by atoms with Crippen molar-refractivity contribution < 1.29 is 9.53 Å². The molecule has 2 aromatic carbocycles. The lowest BCUT2D eigenvalue weighted by Crippen LogP contribution is -2.14. The number of carbonyl (C=O) groups is 1. The number of hydrogen-bond acceptors (Lipinski definition) is 3. The fraction of sp³-hybridized carbons (Fsp3) is 0.333. The van der Waals surface area contributed by atoms with Gasteiger partial charge in [-0.25, -0.2) is 9.79 Å². The van der Waals surface area contributed by atoms with Crippen molar-refractivity contribution >= 4 is 18.0 Å². The summed E-state index contributed by atoms with van der Waals surface area (Å²) >= 11 is 0. The maximum atomic E-state index is 12.4. The third kappa shape index (κ3) is 4.92. The van der Waals surface area contributed by atoms with Crippen molar-refractivity contribution in [3.8, 4) is 0 Å². The second-order valence-electron chi connectivity index (χ2n) is 6.26. The molecule has 0 radical (unpaired) electrons. The molecule has 132 valence electrons. The smallest absolute Gasteiger partial charge is 0.338 e. The second-order valence-corrected chi connectivity index (χ2v) is 6.26. The van der Waals surface area contributed by atoms with E-state index in [-0.39, 0.29) is 12.6 Å². The zero-order chi connectivity index (χ0) is 18.4. The van der Waals surface area contributed by atoms with Crippen molar-refractivity contribution in [3.63, 3.8) is 0 Å². The van der Waals surface area contributed by atoms with E-state index in [0.29, 0.717) is 5.56 Å². The van der Waals surface area contributed by atoms with Crippen LogP contribution in [-0.4, -0.2) is 30.8 Å². The van der Waals surface area contributed by atoms with E-state index in [1.807, 2.05) is 63.1 Å². The van der Waals surface area contributed by atoms with Gasteiger partial charge < -0.3 is 9.64 Å². The monoisotopic (exact) mass is 338 g/mol. The normalized spacial score (nSPS) is 10.9. The molecule has 0 N–H and O–H groups in total. The zero-order valence-electron chi connectivity index (χ0n) is 15.7.